The van der Waals surface area contributed by atoms with Crippen molar-refractivity contribution in [2.75, 3.05) is 7.11 Å². The van der Waals surface area contributed by atoms with E-state index in [-0.39, 0.29) is 5.43 Å². The summed E-state index contributed by atoms with van der Waals surface area (Å²) in [5, 5.41) is 0.724. The lowest BCUT2D eigenvalue weighted by Gasteiger charge is -2.08. The zero-order valence-electron chi connectivity index (χ0n) is 9.97. The average molecular weight is 217 g/mol. The SMILES string of the molecule is COc1cc2[nH]c(C)c(C)c(=O)c2cc1C. The first kappa shape index (κ1) is 10.7. The Bertz CT molecular complexity index is 611. The zero-order valence-corrected chi connectivity index (χ0v) is 9.97. The molecular formula is C13H15NO2. The molecule has 1 heterocycles. The average Bonchev–Trinajstić information content (AvgIpc) is 2.27. The Hall–Kier alpha value is -1.77. The molecule has 0 saturated heterocycles. The number of aromatic amines is 1. The minimum atomic E-state index is 0.0944. The standard InChI is InChI=1S/C13H15NO2/c1-7-5-10-11(6-12(7)16-4)14-9(3)8(2)13(10)15/h5-6H,1-4H3,(H,14,15). The Kier molecular flexibility index (Phi) is 2.46. The van der Waals surface area contributed by atoms with Crippen molar-refractivity contribution >= 4 is 10.9 Å². The van der Waals surface area contributed by atoms with Gasteiger partial charge in [-0.05, 0) is 32.4 Å². The molecule has 0 aliphatic rings. The van der Waals surface area contributed by atoms with Crippen molar-refractivity contribution in [3.63, 3.8) is 0 Å². The number of fused-ring (bicyclic) bond motifs is 1. The predicted molar refractivity (Wildman–Crippen MR) is 65.3 cm³/mol. The second-order valence-corrected chi connectivity index (χ2v) is 4.07. The number of methoxy groups -OCH3 is 1. The highest BCUT2D eigenvalue weighted by molar-refractivity contribution is 5.82. The van der Waals surface area contributed by atoms with Gasteiger partial charge in [-0.15, -0.1) is 0 Å². The Morgan fingerprint density at radius 3 is 2.50 bits per heavy atom. The van der Waals surface area contributed by atoms with Crippen molar-refractivity contribution in [1.82, 2.24) is 4.98 Å². The summed E-state index contributed by atoms with van der Waals surface area (Å²) >= 11 is 0. The molecule has 0 aliphatic carbocycles. The minimum absolute atomic E-state index is 0.0944. The molecule has 0 amide bonds. The van der Waals surface area contributed by atoms with Crippen LogP contribution in [0.3, 0.4) is 0 Å². The summed E-state index contributed by atoms with van der Waals surface area (Å²) in [6, 6.07) is 3.75. The van der Waals surface area contributed by atoms with E-state index in [9.17, 15) is 4.79 Å². The highest BCUT2D eigenvalue weighted by Gasteiger charge is 2.08. The fraction of sp³-hybridized carbons (Fsp3) is 0.308. The maximum atomic E-state index is 12.0. The molecule has 0 atom stereocenters. The second kappa shape index (κ2) is 3.67. The van der Waals surface area contributed by atoms with E-state index in [1.54, 1.807) is 7.11 Å². The number of aryl methyl sites for hydroxylation is 2. The molecule has 16 heavy (non-hydrogen) atoms. The maximum absolute atomic E-state index is 12.0. The first-order valence-corrected chi connectivity index (χ1v) is 5.22. The first-order valence-electron chi connectivity index (χ1n) is 5.22. The van der Waals surface area contributed by atoms with Crippen molar-refractivity contribution in [1.29, 1.82) is 0 Å². The van der Waals surface area contributed by atoms with Crippen LogP contribution < -0.4 is 10.2 Å². The van der Waals surface area contributed by atoms with E-state index in [1.165, 1.54) is 0 Å². The molecule has 1 N–H and O–H groups in total. The third-order valence-electron chi connectivity index (χ3n) is 3.00. The molecule has 84 valence electrons. The van der Waals surface area contributed by atoms with Crippen molar-refractivity contribution in [3.05, 3.63) is 39.2 Å². The number of ether oxygens (including phenoxy) is 1. The number of pyridine rings is 1. The molecule has 0 radical (unpaired) electrons. The molecule has 1 aromatic carbocycles. The Labute approximate surface area is 94.1 Å². The maximum Gasteiger partial charge on any atom is 0.192 e. The van der Waals surface area contributed by atoms with Crippen LogP contribution >= 0.6 is 0 Å². The number of benzene rings is 1. The van der Waals surface area contributed by atoms with Gasteiger partial charge < -0.3 is 9.72 Å². The van der Waals surface area contributed by atoms with Gasteiger partial charge in [-0.2, -0.15) is 0 Å². The third-order valence-corrected chi connectivity index (χ3v) is 3.00. The third kappa shape index (κ3) is 1.48. The van der Waals surface area contributed by atoms with Gasteiger partial charge in [-0.3, -0.25) is 4.79 Å². The van der Waals surface area contributed by atoms with Crippen molar-refractivity contribution in [3.8, 4) is 5.75 Å². The molecular weight excluding hydrogens is 202 g/mol. The van der Waals surface area contributed by atoms with Crippen LogP contribution in [0.5, 0.6) is 5.75 Å². The normalized spacial score (nSPS) is 10.8. The van der Waals surface area contributed by atoms with Crippen LogP contribution in [0.4, 0.5) is 0 Å². The highest BCUT2D eigenvalue weighted by atomic mass is 16.5. The van der Waals surface area contributed by atoms with Gasteiger partial charge in [-0.25, -0.2) is 0 Å². The Morgan fingerprint density at radius 1 is 1.19 bits per heavy atom. The molecule has 0 bridgehead atoms. The summed E-state index contributed by atoms with van der Waals surface area (Å²) in [7, 11) is 1.63. The van der Waals surface area contributed by atoms with Crippen LogP contribution in [0.25, 0.3) is 10.9 Å². The number of hydrogen-bond acceptors (Lipinski definition) is 2. The highest BCUT2D eigenvalue weighted by Crippen LogP contribution is 2.22. The van der Waals surface area contributed by atoms with E-state index in [0.29, 0.717) is 0 Å². The van der Waals surface area contributed by atoms with Crippen LogP contribution in [-0.2, 0) is 0 Å². The van der Waals surface area contributed by atoms with Gasteiger partial charge in [0.1, 0.15) is 5.75 Å². The fourth-order valence-electron chi connectivity index (χ4n) is 1.87. The van der Waals surface area contributed by atoms with Gasteiger partial charge in [-0.1, -0.05) is 0 Å². The molecule has 0 fully saturated rings. The molecule has 3 heteroatoms. The summed E-state index contributed by atoms with van der Waals surface area (Å²) in [6.07, 6.45) is 0. The first-order chi connectivity index (χ1) is 7.54. The number of aromatic nitrogens is 1. The number of rotatable bonds is 1. The molecule has 0 unspecified atom stereocenters. The summed E-state index contributed by atoms with van der Waals surface area (Å²) < 4.78 is 5.24. The van der Waals surface area contributed by atoms with Gasteiger partial charge in [0.05, 0.1) is 12.6 Å². The Balaban J connectivity index is 2.92. The van der Waals surface area contributed by atoms with E-state index in [1.807, 2.05) is 32.9 Å². The van der Waals surface area contributed by atoms with Crippen LogP contribution in [0.1, 0.15) is 16.8 Å². The van der Waals surface area contributed by atoms with Crippen molar-refractivity contribution in [2.45, 2.75) is 20.8 Å². The van der Waals surface area contributed by atoms with Gasteiger partial charge >= 0.3 is 0 Å². The number of nitrogens with one attached hydrogen (secondary N) is 1. The van der Waals surface area contributed by atoms with Crippen LogP contribution in [0.15, 0.2) is 16.9 Å². The summed E-state index contributed by atoms with van der Waals surface area (Å²) in [5.41, 5.74) is 3.58. The van der Waals surface area contributed by atoms with Crippen molar-refractivity contribution < 1.29 is 4.74 Å². The van der Waals surface area contributed by atoms with Gasteiger partial charge in [0, 0.05) is 22.7 Å². The minimum Gasteiger partial charge on any atom is -0.496 e. The molecule has 0 saturated carbocycles. The quantitative estimate of drug-likeness (QED) is 0.797. The van der Waals surface area contributed by atoms with E-state index in [4.69, 9.17) is 4.74 Å². The Morgan fingerprint density at radius 2 is 1.88 bits per heavy atom. The molecule has 2 aromatic rings. The van der Waals surface area contributed by atoms with Gasteiger partial charge in [0.2, 0.25) is 0 Å². The fourth-order valence-corrected chi connectivity index (χ4v) is 1.87. The van der Waals surface area contributed by atoms with E-state index in [2.05, 4.69) is 4.98 Å². The number of H-pyrrole nitrogens is 1. The van der Waals surface area contributed by atoms with Crippen LogP contribution in [0, 0.1) is 20.8 Å². The van der Waals surface area contributed by atoms with Crippen molar-refractivity contribution in [2.24, 2.45) is 0 Å². The van der Waals surface area contributed by atoms with E-state index in [0.717, 1.165) is 33.5 Å². The molecule has 0 spiro atoms. The summed E-state index contributed by atoms with van der Waals surface area (Å²) in [5.74, 6) is 0.798. The molecule has 0 aliphatic heterocycles. The molecule has 2 rings (SSSR count). The lowest BCUT2D eigenvalue weighted by atomic mass is 10.1. The topological polar surface area (TPSA) is 42.1 Å². The van der Waals surface area contributed by atoms with E-state index >= 15 is 0 Å². The summed E-state index contributed by atoms with van der Waals surface area (Å²) in [6.45, 7) is 5.68. The van der Waals surface area contributed by atoms with Gasteiger partial charge in [0.25, 0.3) is 0 Å². The largest absolute Gasteiger partial charge is 0.496 e. The van der Waals surface area contributed by atoms with Gasteiger partial charge in [0.15, 0.2) is 5.43 Å². The summed E-state index contributed by atoms with van der Waals surface area (Å²) in [4.78, 5) is 15.3. The van der Waals surface area contributed by atoms with E-state index < -0.39 is 0 Å². The smallest absolute Gasteiger partial charge is 0.192 e. The van der Waals surface area contributed by atoms with Crippen LogP contribution in [0.2, 0.25) is 0 Å². The predicted octanol–water partition coefficient (Wildman–Crippen LogP) is 2.46. The number of hydrogen-bond donors (Lipinski definition) is 1. The molecule has 3 nitrogen and oxygen atoms in total. The molecule has 1 aromatic heterocycles. The second-order valence-electron chi connectivity index (χ2n) is 4.07. The monoisotopic (exact) mass is 217 g/mol. The lowest BCUT2D eigenvalue weighted by molar-refractivity contribution is 0.412. The zero-order chi connectivity index (χ0) is 11.9. The van der Waals surface area contributed by atoms with Crippen LogP contribution in [-0.4, -0.2) is 12.1 Å². The lowest BCUT2D eigenvalue weighted by Crippen LogP contribution is -2.10.